The van der Waals surface area contributed by atoms with Crippen LogP contribution in [-0.4, -0.2) is 52.3 Å². The van der Waals surface area contributed by atoms with Crippen LogP contribution in [0.2, 0.25) is 0 Å². The molecule has 2 unspecified atom stereocenters. The average molecular weight is 336 g/mol. The summed E-state index contributed by atoms with van der Waals surface area (Å²) in [5, 5.41) is 16.0. The number of nitrogens with one attached hydrogen (secondary N) is 2. The number of aromatic nitrogens is 1. The van der Waals surface area contributed by atoms with Gasteiger partial charge in [0.25, 0.3) is 0 Å². The number of hydrogen-bond donors (Lipinski definition) is 3. The number of carbonyl (C=O) groups is 1. The molecule has 2 heterocycles. The number of oxazole rings is 1. The van der Waals surface area contributed by atoms with E-state index in [1.807, 2.05) is 6.92 Å². The fourth-order valence-corrected chi connectivity index (χ4v) is 3.79. The van der Waals surface area contributed by atoms with Gasteiger partial charge < -0.3 is 20.2 Å². The van der Waals surface area contributed by atoms with E-state index in [-0.39, 0.29) is 18.2 Å². The Kier molecular flexibility index (Phi) is 5.73. The van der Waals surface area contributed by atoms with Crippen LogP contribution in [0.3, 0.4) is 0 Å². The van der Waals surface area contributed by atoms with Crippen LogP contribution in [0.5, 0.6) is 0 Å². The van der Waals surface area contributed by atoms with E-state index < -0.39 is 0 Å². The first kappa shape index (κ1) is 17.2. The molecule has 1 aliphatic carbocycles. The Balaban J connectivity index is 1.38. The molecule has 1 aliphatic heterocycles. The lowest BCUT2D eigenvalue weighted by Crippen LogP contribution is -2.53. The summed E-state index contributed by atoms with van der Waals surface area (Å²) < 4.78 is 5.12. The minimum absolute atomic E-state index is 0.159. The fraction of sp³-hybridized carbons (Fsp3) is 0.765. The van der Waals surface area contributed by atoms with Crippen LogP contribution in [0.25, 0.3) is 0 Å². The summed E-state index contributed by atoms with van der Waals surface area (Å²) in [5.41, 5.74) is 0.756. The maximum Gasteiger partial charge on any atom is 0.315 e. The number of amides is 2. The zero-order valence-corrected chi connectivity index (χ0v) is 14.3. The van der Waals surface area contributed by atoms with Gasteiger partial charge in [-0.15, -0.1) is 0 Å². The predicted octanol–water partition coefficient (Wildman–Crippen LogP) is 1.55. The minimum Gasteiger partial charge on any atom is -0.448 e. The van der Waals surface area contributed by atoms with Gasteiger partial charge in [0, 0.05) is 25.2 Å². The molecule has 0 aromatic carbocycles. The Hall–Kier alpha value is -1.60. The normalized spacial score (nSPS) is 26.2. The first-order chi connectivity index (χ1) is 11.6. The van der Waals surface area contributed by atoms with Crippen molar-refractivity contribution in [2.24, 2.45) is 0 Å². The van der Waals surface area contributed by atoms with Crippen LogP contribution in [-0.2, 0) is 6.54 Å². The van der Waals surface area contributed by atoms with Crippen molar-refractivity contribution < 1.29 is 14.3 Å². The molecule has 1 saturated carbocycles. The van der Waals surface area contributed by atoms with Crippen molar-refractivity contribution in [1.82, 2.24) is 20.5 Å². The highest BCUT2D eigenvalue weighted by Crippen LogP contribution is 2.25. The van der Waals surface area contributed by atoms with Gasteiger partial charge in [-0.05, 0) is 32.6 Å². The molecule has 2 amide bonds. The summed E-state index contributed by atoms with van der Waals surface area (Å²) in [6.45, 7) is 4.09. The molecular weight excluding hydrogens is 308 g/mol. The Morgan fingerprint density at radius 2 is 2.08 bits per heavy atom. The second-order valence-electron chi connectivity index (χ2n) is 6.91. The van der Waals surface area contributed by atoms with Crippen LogP contribution < -0.4 is 10.6 Å². The van der Waals surface area contributed by atoms with Crippen molar-refractivity contribution in [3.8, 4) is 0 Å². The number of aliphatic hydroxyl groups is 1. The van der Waals surface area contributed by atoms with E-state index in [0.717, 1.165) is 56.6 Å². The van der Waals surface area contributed by atoms with Crippen LogP contribution in [0, 0.1) is 6.92 Å². The Bertz CT molecular complexity index is 540. The number of carbonyl (C=O) groups excluding carboxylic acids is 1. The number of aliphatic hydroxyl groups excluding tert-OH is 1. The largest absolute Gasteiger partial charge is 0.448 e. The standard InChI is InChI=1S/C17H28N4O3/c1-12-14(19-11-24-12)10-18-17(23)20-13-6-8-21(9-7-13)15-4-2-3-5-16(15)22/h11,13,15-16,22H,2-10H2,1H3,(H2,18,20,23). The number of urea groups is 1. The van der Waals surface area contributed by atoms with Crippen molar-refractivity contribution in [3.05, 3.63) is 17.8 Å². The number of piperidine rings is 1. The Morgan fingerprint density at radius 3 is 2.75 bits per heavy atom. The molecule has 7 heteroatoms. The summed E-state index contributed by atoms with van der Waals surface area (Å²) in [6.07, 6.45) is 7.44. The summed E-state index contributed by atoms with van der Waals surface area (Å²) >= 11 is 0. The fourth-order valence-electron chi connectivity index (χ4n) is 3.79. The van der Waals surface area contributed by atoms with Gasteiger partial charge in [0.15, 0.2) is 6.39 Å². The van der Waals surface area contributed by atoms with Crippen molar-refractivity contribution in [1.29, 1.82) is 0 Å². The highest BCUT2D eigenvalue weighted by molar-refractivity contribution is 5.74. The van der Waals surface area contributed by atoms with E-state index >= 15 is 0 Å². The second-order valence-corrected chi connectivity index (χ2v) is 6.91. The number of hydrogen-bond acceptors (Lipinski definition) is 5. The Labute approximate surface area is 142 Å². The van der Waals surface area contributed by atoms with Gasteiger partial charge in [0.2, 0.25) is 0 Å². The van der Waals surface area contributed by atoms with Crippen LogP contribution >= 0.6 is 0 Å². The molecule has 134 valence electrons. The SMILES string of the molecule is Cc1ocnc1CNC(=O)NC1CCN(C2CCCCC2O)CC1. The van der Waals surface area contributed by atoms with E-state index in [0.29, 0.717) is 12.6 Å². The summed E-state index contributed by atoms with van der Waals surface area (Å²) in [7, 11) is 0. The lowest BCUT2D eigenvalue weighted by molar-refractivity contribution is 0.00777. The minimum atomic E-state index is -0.183. The first-order valence-electron chi connectivity index (χ1n) is 8.99. The van der Waals surface area contributed by atoms with E-state index in [2.05, 4.69) is 20.5 Å². The third kappa shape index (κ3) is 4.27. The lowest BCUT2D eigenvalue weighted by Gasteiger charge is -2.41. The van der Waals surface area contributed by atoms with Crippen LogP contribution in [0.1, 0.15) is 50.0 Å². The molecule has 1 aromatic heterocycles. The van der Waals surface area contributed by atoms with Gasteiger partial charge in [-0.2, -0.15) is 0 Å². The smallest absolute Gasteiger partial charge is 0.315 e. The zero-order chi connectivity index (χ0) is 16.9. The lowest BCUT2D eigenvalue weighted by atomic mass is 9.89. The van der Waals surface area contributed by atoms with Gasteiger partial charge in [-0.1, -0.05) is 12.8 Å². The topological polar surface area (TPSA) is 90.6 Å². The monoisotopic (exact) mass is 336 g/mol. The van der Waals surface area contributed by atoms with Gasteiger partial charge in [0.05, 0.1) is 12.6 Å². The summed E-state index contributed by atoms with van der Waals surface area (Å²) in [6, 6.07) is 0.345. The predicted molar refractivity (Wildman–Crippen MR) is 89.5 cm³/mol. The molecule has 0 radical (unpaired) electrons. The third-order valence-electron chi connectivity index (χ3n) is 5.29. The van der Waals surface area contributed by atoms with E-state index in [9.17, 15) is 9.90 Å². The van der Waals surface area contributed by atoms with Crippen molar-refractivity contribution in [3.63, 3.8) is 0 Å². The van der Waals surface area contributed by atoms with Crippen LogP contribution in [0.15, 0.2) is 10.8 Å². The number of rotatable bonds is 4. The maximum atomic E-state index is 12.0. The molecule has 0 spiro atoms. The van der Waals surface area contributed by atoms with Gasteiger partial charge in [-0.3, -0.25) is 4.90 Å². The quantitative estimate of drug-likeness (QED) is 0.776. The second kappa shape index (κ2) is 7.98. The molecule has 2 fully saturated rings. The van der Waals surface area contributed by atoms with E-state index in [4.69, 9.17) is 4.42 Å². The molecule has 3 N–H and O–H groups in total. The maximum absolute atomic E-state index is 12.0. The number of likely N-dealkylation sites (tertiary alicyclic amines) is 1. The molecule has 24 heavy (non-hydrogen) atoms. The van der Waals surface area contributed by atoms with Gasteiger partial charge in [0.1, 0.15) is 11.5 Å². The first-order valence-corrected chi connectivity index (χ1v) is 8.99. The zero-order valence-electron chi connectivity index (χ0n) is 14.3. The average Bonchev–Trinajstić information content (AvgIpc) is 2.99. The molecule has 0 bridgehead atoms. The van der Waals surface area contributed by atoms with E-state index in [1.165, 1.54) is 12.8 Å². The molecule has 7 nitrogen and oxygen atoms in total. The van der Waals surface area contributed by atoms with Crippen LogP contribution in [0.4, 0.5) is 4.79 Å². The summed E-state index contributed by atoms with van der Waals surface area (Å²) in [5.74, 6) is 0.731. The van der Waals surface area contributed by atoms with E-state index in [1.54, 1.807) is 0 Å². The molecule has 1 aromatic rings. The van der Waals surface area contributed by atoms with Gasteiger partial charge >= 0.3 is 6.03 Å². The molecule has 2 atom stereocenters. The number of aryl methyl sites for hydroxylation is 1. The third-order valence-corrected chi connectivity index (χ3v) is 5.29. The number of nitrogens with zero attached hydrogens (tertiary/aromatic N) is 2. The molecule has 1 saturated heterocycles. The highest BCUT2D eigenvalue weighted by atomic mass is 16.3. The van der Waals surface area contributed by atoms with Gasteiger partial charge in [-0.25, -0.2) is 9.78 Å². The highest BCUT2D eigenvalue weighted by Gasteiger charge is 2.31. The summed E-state index contributed by atoms with van der Waals surface area (Å²) in [4.78, 5) is 18.5. The van der Waals surface area contributed by atoms with Crippen molar-refractivity contribution in [2.45, 2.75) is 70.2 Å². The molecule has 3 rings (SSSR count). The molecule has 2 aliphatic rings. The van der Waals surface area contributed by atoms with Crippen molar-refractivity contribution >= 4 is 6.03 Å². The molecular formula is C17H28N4O3. The Morgan fingerprint density at radius 1 is 1.33 bits per heavy atom. The van der Waals surface area contributed by atoms with Crippen molar-refractivity contribution in [2.75, 3.05) is 13.1 Å².